The number of amides is 1. The monoisotopic (exact) mass is 292 g/mol. The first-order valence-corrected chi connectivity index (χ1v) is 7.26. The zero-order valence-corrected chi connectivity index (χ0v) is 13.2. The maximum atomic E-state index is 11.2. The summed E-state index contributed by atoms with van der Waals surface area (Å²) in [4.78, 5) is 11.2. The Bertz CT molecular complexity index is 514. The molecule has 0 saturated carbocycles. The molecule has 2 rings (SSSR count). The molecule has 21 heavy (non-hydrogen) atoms. The van der Waals surface area contributed by atoms with E-state index in [9.17, 15) is 4.79 Å². The first kappa shape index (κ1) is 15.6. The van der Waals surface area contributed by atoms with Crippen LogP contribution in [-0.4, -0.2) is 31.3 Å². The lowest BCUT2D eigenvalue weighted by Crippen LogP contribution is -2.40. The molecule has 1 saturated heterocycles. The van der Waals surface area contributed by atoms with E-state index in [-0.39, 0.29) is 11.5 Å². The number of nitrogens with one attached hydrogen (secondary N) is 2. The number of rotatable bonds is 4. The minimum Gasteiger partial charge on any atom is -0.494 e. The van der Waals surface area contributed by atoms with E-state index >= 15 is 0 Å². The van der Waals surface area contributed by atoms with Crippen molar-refractivity contribution < 1.29 is 14.3 Å². The summed E-state index contributed by atoms with van der Waals surface area (Å²) in [6, 6.07) is 6.10. The van der Waals surface area contributed by atoms with Crippen molar-refractivity contribution >= 4 is 17.3 Å². The van der Waals surface area contributed by atoms with Gasteiger partial charge in [0.15, 0.2) is 0 Å². The highest BCUT2D eigenvalue weighted by atomic mass is 16.5. The van der Waals surface area contributed by atoms with E-state index in [0.717, 1.165) is 25.1 Å². The van der Waals surface area contributed by atoms with Crippen molar-refractivity contribution in [3.8, 4) is 5.75 Å². The Morgan fingerprint density at radius 1 is 1.43 bits per heavy atom. The predicted molar refractivity (Wildman–Crippen MR) is 84.0 cm³/mol. The van der Waals surface area contributed by atoms with Crippen molar-refractivity contribution in [2.75, 3.05) is 24.4 Å². The molecule has 2 N–H and O–H groups in total. The Hall–Kier alpha value is -1.75. The standard InChI is InChI=1S/C16H24N2O3/c1-11(19)17-14-6-5-12(9-15(14)20-4)18-13-7-8-21-16(2,3)10-13/h5-6,9,13,18H,7-8,10H2,1-4H3,(H,17,19). The van der Waals surface area contributed by atoms with E-state index in [1.807, 2.05) is 18.2 Å². The van der Waals surface area contributed by atoms with E-state index in [2.05, 4.69) is 24.5 Å². The minimum absolute atomic E-state index is 0.0872. The number of hydrogen-bond acceptors (Lipinski definition) is 4. The molecule has 1 aromatic carbocycles. The summed E-state index contributed by atoms with van der Waals surface area (Å²) in [6.45, 7) is 6.48. The van der Waals surface area contributed by atoms with Gasteiger partial charge in [-0.3, -0.25) is 4.79 Å². The molecule has 1 aromatic rings. The molecule has 5 heteroatoms. The lowest BCUT2D eigenvalue weighted by Gasteiger charge is -2.36. The Morgan fingerprint density at radius 2 is 2.19 bits per heavy atom. The number of ether oxygens (including phenoxy) is 2. The molecule has 1 aliphatic rings. The molecule has 0 bridgehead atoms. The Morgan fingerprint density at radius 3 is 2.81 bits per heavy atom. The van der Waals surface area contributed by atoms with Crippen molar-refractivity contribution in [2.45, 2.75) is 45.3 Å². The van der Waals surface area contributed by atoms with Gasteiger partial charge in [0.05, 0.1) is 18.4 Å². The number of anilines is 2. The second-order valence-electron chi connectivity index (χ2n) is 6.04. The maximum absolute atomic E-state index is 11.2. The molecule has 0 aromatic heterocycles. The van der Waals surface area contributed by atoms with Gasteiger partial charge in [-0.15, -0.1) is 0 Å². The average Bonchev–Trinajstić information content (AvgIpc) is 2.38. The van der Waals surface area contributed by atoms with E-state index < -0.39 is 0 Å². The van der Waals surface area contributed by atoms with Gasteiger partial charge in [-0.05, 0) is 38.8 Å². The van der Waals surface area contributed by atoms with Gasteiger partial charge in [-0.2, -0.15) is 0 Å². The predicted octanol–water partition coefficient (Wildman–Crippen LogP) is 3.02. The normalized spacial score (nSPS) is 20.7. The summed E-state index contributed by atoms with van der Waals surface area (Å²) >= 11 is 0. The van der Waals surface area contributed by atoms with Crippen molar-refractivity contribution in [2.24, 2.45) is 0 Å². The van der Waals surface area contributed by atoms with Gasteiger partial charge in [-0.1, -0.05) is 0 Å². The molecule has 1 atom stereocenters. The van der Waals surface area contributed by atoms with Gasteiger partial charge >= 0.3 is 0 Å². The van der Waals surface area contributed by atoms with Crippen LogP contribution < -0.4 is 15.4 Å². The summed E-state index contributed by atoms with van der Waals surface area (Å²) in [5, 5.41) is 6.28. The summed E-state index contributed by atoms with van der Waals surface area (Å²) in [6.07, 6.45) is 1.95. The number of carbonyl (C=O) groups excluding carboxylic acids is 1. The molecule has 5 nitrogen and oxygen atoms in total. The molecule has 1 heterocycles. The van der Waals surface area contributed by atoms with Crippen LogP contribution in [0.4, 0.5) is 11.4 Å². The summed E-state index contributed by atoms with van der Waals surface area (Å²) < 4.78 is 11.1. The van der Waals surface area contributed by atoms with Gasteiger partial charge < -0.3 is 20.1 Å². The molecule has 116 valence electrons. The zero-order chi connectivity index (χ0) is 15.5. The minimum atomic E-state index is -0.111. The molecule has 1 amide bonds. The summed E-state index contributed by atoms with van der Waals surface area (Å²) in [5.41, 5.74) is 1.59. The number of methoxy groups -OCH3 is 1. The third kappa shape index (κ3) is 4.36. The van der Waals surface area contributed by atoms with E-state index in [0.29, 0.717) is 17.5 Å². The SMILES string of the molecule is COc1cc(NC2CCOC(C)(C)C2)ccc1NC(C)=O. The van der Waals surface area contributed by atoms with Gasteiger partial charge in [-0.25, -0.2) is 0 Å². The van der Waals surface area contributed by atoms with Gasteiger partial charge in [0, 0.05) is 31.3 Å². The number of carbonyl (C=O) groups is 1. The van der Waals surface area contributed by atoms with Crippen LogP contribution in [0, 0.1) is 0 Å². The van der Waals surface area contributed by atoms with Crippen LogP contribution in [0.2, 0.25) is 0 Å². The largest absolute Gasteiger partial charge is 0.494 e. The van der Waals surface area contributed by atoms with Crippen molar-refractivity contribution in [1.29, 1.82) is 0 Å². The smallest absolute Gasteiger partial charge is 0.221 e. The lowest BCUT2D eigenvalue weighted by molar-refractivity contribution is -0.114. The Labute approximate surface area is 126 Å². The Kier molecular flexibility index (Phi) is 4.73. The molecule has 1 aliphatic heterocycles. The molecule has 0 radical (unpaired) electrons. The number of hydrogen-bond donors (Lipinski definition) is 2. The highest BCUT2D eigenvalue weighted by Gasteiger charge is 2.28. The third-order valence-corrected chi connectivity index (χ3v) is 3.58. The van der Waals surface area contributed by atoms with E-state index in [1.54, 1.807) is 7.11 Å². The van der Waals surface area contributed by atoms with Crippen LogP contribution in [0.3, 0.4) is 0 Å². The summed E-state index contributed by atoms with van der Waals surface area (Å²) in [7, 11) is 1.60. The molecular formula is C16H24N2O3. The second-order valence-corrected chi connectivity index (χ2v) is 6.04. The first-order valence-electron chi connectivity index (χ1n) is 7.26. The Balaban J connectivity index is 2.08. The van der Waals surface area contributed by atoms with Gasteiger partial charge in [0.25, 0.3) is 0 Å². The van der Waals surface area contributed by atoms with Crippen LogP contribution in [-0.2, 0) is 9.53 Å². The van der Waals surface area contributed by atoms with Crippen LogP contribution in [0.25, 0.3) is 0 Å². The maximum Gasteiger partial charge on any atom is 0.221 e. The first-order chi connectivity index (χ1) is 9.89. The molecule has 1 fully saturated rings. The molecule has 0 aliphatic carbocycles. The van der Waals surface area contributed by atoms with Gasteiger partial charge in [0.1, 0.15) is 5.75 Å². The quantitative estimate of drug-likeness (QED) is 0.895. The fraction of sp³-hybridized carbons (Fsp3) is 0.562. The van der Waals surface area contributed by atoms with Gasteiger partial charge in [0.2, 0.25) is 5.91 Å². The molecule has 1 unspecified atom stereocenters. The van der Waals surface area contributed by atoms with Crippen molar-refractivity contribution in [3.05, 3.63) is 18.2 Å². The second kappa shape index (κ2) is 6.35. The van der Waals surface area contributed by atoms with Crippen LogP contribution in [0.5, 0.6) is 5.75 Å². The topological polar surface area (TPSA) is 59.6 Å². The zero-order valence-electron chi connectivity index (χ0n) is 13.2. The van der Waals surface area contributed by atoms with Crippen LogP contribution in [0.1, 0.15) is 33.6 Å². The third-order valence-electron chi connectivity index (χ3n) is 3.58. The van der Waals surface area contributed by atoms with Crippen LogP contribution in [0.15, 0.2) is 18.2 Å². The fourth-order valence-electron chi connectivity index (χ4n) is 2.66. The molecule has 0 spiro atoms. The molecular weight excluding hydrogens is 268 g/mol. The van der Waals surface area contributed by atoms with Crippen molar-refractivity contribution in [3.63, 3.8) is 0 Å². The van der Waals surface area contributed by atoms with Crippen molar-refractivity contribution in [1.82, 2.24) is 0 Å². The van der Waals surface area contributed by atoms with E-state index in [1.165, 1.54) is 6.92 Å². The number of benzene rings is 1. The highest BCUT2D eigenvalue weighted by Crippen LogP contribution is 2.31. The average molecular weight is 292 g/mol. The summed E-state index contributed by atoms with van der Waals surface area (Å²) in [5.74, 6) is 0.543. The highest BCUT2D eigenvalue weighted by molar-refractivity contribution is 5.90. The fourth-order valence-corrected chi connectivity index (χ4v) is 2.66. The van der Waals surface area contributed by atoms with Crippen LogP contribution >= 0.6 is 0 Å². The lowest BCUT2D eigenvalue weighted by atomic mass is 9.94. The van der Waals surface area contributed by atoms with E-state index in [4.69, 9.17) is 9.47 Å².